The van der Waals surface area contributed by atoms with Gasteiger partial charge in [-0.1, -0.05) is 18.2 Å². The highest BCUT2D eigenvalue weighted by molar-refractivity contribution is 5.98. The lowest BCUT2D eigenvalue weighted by Crippen LogP contribution is -3.11. The van der Waals surface area contributed by atoms with E-state index in [4.69, 9.17) is 0 Å². The smallest absolute Gasteiger partial charge is 0.279 e. The lowest BCUT2D eigenvalue weighted by Gasteiger charge is -2.15. The van der Waals surface area contributed by atoms with Crippen molar-refractivity contribution in [2.24, 2.45) is 0 Å². The second-order valence-corrected chi connectivity index (χ2v) is 7.08. The number of ketones is 1. The fourth-order valence-corrected chi connectivity index (χ4v) is 3.47. The first-order valence-electron chi connectivity index (χ1n) is 9.11. The van der Waals surface area contributed by atoms with Gasteiger partial charge in [-0.05, 0) is 51.8 Å². The zero-order valence-corrected chi connectivity index (χ0v) is 16.7. The molecule has 0 aliphatic heterocycles. The molecular weight excluding hydrogens is 326 g/mol. The van der Waals surface area contributed by atoms with E-state index in [9.17, 15) is 9.59 Å². The number of likely N-dealkylation sites (N-methyl/N-ethyl adjacent to an activating group) is 1. The zero-order chi connectivity index (χ0) is 19.4. The number of carbonyl (C=O) groups excluding carboxylic acids is 2. The SMILES string of the molecule is CCn1c(C)cc(C(=O)C[NH+](C)CC(=O)Nc2c(C)cccc2C)c1C. The summed E-state index contributed by atoms with van der Waals surface area (Å²) in [7, 11) is 1.88. The third-order valence-corrected chi connectivity index (χ3v) is 4.86. The van der Waals surface area contributed by atoms with Gasteiger partial charge in [0.15, 0.2) is 6.54 Å². The summed E-state index contributed by atoms with van der Waals surface area (Å²) in [4.78, 5) is 25.9. The predicted molar refractivity (Wildman–Crippen MR) is 105 cm³/mol. The first-order chi connectivity index (χ1) is 12.2. The average molecular weight is 356 g/mol. The number of nitrogens with one attached hydrogen (secondary N) is 2. The van der Waals surface area contributed by atoms with E-state index in [0.717, 1.165) is 45.2 Å². The Morgan fingerprint density at radius 2 is 1.69 bits per heavy atom. The van der Waals surface area contributed by atoms with Crippen molar-refractivity contribution in [1.29, 1.82) is 0 Å². The normalized spacial score (nSPS) is 12.1. The highest BCUT2D eigenvalue weighted by Crippen LogP contribution is 2.19. The van der Waals surface area contributed by atoms with E-state index in [2.05, 4.69) is 16.8 Å². The maximum absolute atomic E-state index is 12.6. The van der Waals surface area contributed by atoms with E-state index in [-0.39, 0.29) is 18.2 Å². The van der Waals surface area contributed by atoms with Crippen molar-refractivity contribution in [3.8, 4) is 0 Å². The molecule has 0 saturated heterocycles. The van der Waals surface area contributed by atoms with Crippen LogP contribution in [0.1, 0.15) is 39.8 Å². The molecule has 0 aliphatic rings. The summed E-state index contributed by atoms with van der Waals surface area (Å²) in [5, 5.41) is 2.98. The minimum Gasteiger partial charge on any atom is -0.349 e. The van der Waals surface area contributed by atoms with Crippen molar-refractivity contribution in [2.75, 3.05) is 25.5 Å². The average Bonchev–Trinajstić information content (AvgIpc) is 2.85. The van der Waals surface area contributed by atoms with Crippen molar-refractivity contribution in [3.05, 3.63) is 52.3 Å². The van der Waals surface area contributed by atoms with Crippen LogP contribution in [-0.4, -0.2) is 36.4 Å². The summed E-state index contributed by atoms with van der Waals surface area (Å²) in [5.41, 5.74) is 5.81. The second-order valence-electron chi connectivity index (χ2n) is 7.08. The number of para-hydroxylation sites is 1. The number of quaternary nitrogens is 1. The van der Waals surface area contributed by atoms with Gasteiger partial charge in [-0.3, -0.25) is 9.59 Å². The van der Waals surface area contributed by atoms with Gasteiger partial charge in [0.25, 0.3) is 5.91 Å². The fourth-order valence-electron chi connectivity index (χ4n) is 3.47. The summed E-state index contributed by atoms with van der Waals surface area (Å²) in [6.07, 6.45) is 0. The van der Waals surface area contributed by atoms with Crippen molar-refractivity contribution in [1.82, 2.24) is 4.57 Å². The fraction of sp³-hybridized carbons (Fsp3) is 0.429. The van der Waals surface area contributed by atoms with Gasteiger partial charge in [0, 0.05) is 29.2 Å². The van der Waals surface area contributed by atoms with Gasteiger partial charge in [-0.15, -0.1) is 0 Å². The van der Waals surface area contributed by atoms with E-state index >= 15 is 0 Å². The summed E-state index contributed by atoms with van der Waals surface area (Å²) >= 11 is 0. The standard InChI is InChI=1S/C21H29N3O2/c1-7-24-16(4)11-18(17(24)5)19(25)12-23(6)13-20(26)22-21-14(2)9-8-10-15(21)3/h8-11H,7,12-13H2,1-6H3,(H,22,26)/p+1. The van der Waals surface area contributed by atoms with E-state index < -0.39 is 0 Å². The second kappa shape index (κ2) is 8.32. The van der Waals surface area contributed by atoms with Crippen LogP contribution in [0.4, 0.5) is 5.69 Å². The number of aromatic nitrogens is 1. The molecule has 0 saturated carbocycles. The quantitative estimate of drug-likeness (QED) is 0.747. The minimum absolute atomic E-state index is 0.0771. The van der Waals surface area contributed by atoms with Crippen LogP contribution >= 0.6 is 0 Å². The first kappa shape index (κ1) is 19.9. The Balaban J connectivity index is 1.99. The maximum atomic E-state index is 12.6. The third-order valence-electron chi connectivity index (χ3n) is 4.86. The van der Waals surface area contributed by atoms with Crippen LogP contribution < -0.4 is 10.2 Å². The van der Waals surface area contributed by atoms with Gasteiger partial charge in [-0.2, -0.15) is 0 Å². The van der Waals surface area contributed by atoms with Crippen LogP contribution in [0, 0.1) is 27.7 Å². The van der Waals surface area contributed by atoms with Gasteiger partial charge in [0.2, 0.25) is 5.78 Å². The number of amides is 1. The number of aryl methyl sites for hydroxylation is 3. The molecule has 26 heavy (non-hydrogen) atoms. The molecule has 1 heterocycles. The zero-order valence-electron chi connectivity index (χ0n) is 16.7. The molecule has 140 valence electrons. The molecule has 5 heteroatoms. The van der Waals surface area contributed by atoms with Crippen LogP contribution in [-0.2, 0) is 11.3 Å². The molecule has 1 unspecified atom stereocenters. The Bertz CT molecular complexity index is 801. The molecule has 1 aromatic carbocycles. The Hall–Kier alpha value is -2.40. The number of hydrogen-bond acceptors (Lipinski definition) is 2. The molecule has 2 aromatic rings. The van der Waals surface area contributed by atoms with Gasteiger partial charge in [0.05, 0.1) is 7.05 Å². The highest BCUT2D eigenvalue weighted by atomic mass is 16.2. The Morgan fingerprint density at radius 3 is 2.23 bits per heavy atom. The Kier molecular flexibility index (Phi) is 6.37. The monoisotopic (exact) mass is 356 g/mol. The molecule has 0 bridgehead atoms. The van der Waals surface area contributed by atoms with E-state index in [1.807, 2.05) is 59.0 Å². The maximum Gasteiger partial charge on any atom is 0.279 e. The van der Waals surface area contributed by atoms with Crippen molar-refractivity contribution >= 4 is 17.4 Å². The van der Waals surface area contributed by atoms with E-state index in [1.54, 1.807) is 0 Å². The number of rotatable bonds is 7. The van der Waals surface area contributed by atoms with Crippen LogP contribution in [0.5, 0.6) is 0 Å². The Morgan fingerprint density at radius 1 is 1.08 bits per heavy atom. The summed E-state index contributed by atoms with van der Waals surface area (Å²) in [6.45, 7) is 11.4. The van der Waals surface area contributed by atoms with Gasteiger partial charge >= 0.3 is 0 Å². The van der Waals surface area contributed by atoms with Gasteiger partial charge in [-0.25, -0.2) is 0 Å². The molecule has 2 rings (SSSR count). The van der Waals surface area contributed by atoms with E-state index in [1.165, 1.54) is 0 Å². The molecule has 0 spiro atoms. The molecule has 1 atom stereocenters. The molecule has 1 amide bonds. The number of anilines is 1. The van der Waals surface area contributed by atoms with Crippen LogP contribution in [0.3, 0.4) is 0 Å². The molecule has 1 aromatic heterocycles. The van der Waals surface area contributed by atoms with Crippen molar-refractivity contribution < 1.29 is 14.5 Å². The summed E-state index contributed by atoms with van der Waals surface area (Å²) < 4.78 is 2.14. The highest BCUT2D eigenvalue weighted by Gasteiger charge is 2.20. The molecular formula is C21H30N3O2+. The molecule has 5 nitrogen and oxygen atoms in total. The Labute approximate surface area is 156 Å². The molecule has 0 radical (unpaired) electrons. The lowest BCUT2D eigenvalue weighted by molar-refractivity contribution is -0.861. The number of carbonyl (C=O) groups is 2. The number of benzene rings is 1. The summed E-state index contributed by atoms with van der Waals surface area (Å²) in [6, 6.07) is 7.88. The summed E-state index contributed by atoms with van der Waals surface area (Å²) in [5.74, 6) is 0.00176. The van der Waals surface area contributed by atoms with Crippen LogP contribution in [0.25, 0.3) is 0 Å². The van der Waals surface area contributed by atoms with Gasteiger partial charge in [0.1, 0.15) is 6.54 Å². The minimum atomic E-state index is -0.0771. The third kappa shape index (κ3) is 4.41. The predicted octanol–water partition coefficient (Wildman–Crippen LogP) is 2.08. The number of nitrogens with zero attached hydrogens (tertiary/aromatic N) is 1. The topological polar surface area (TPSA) is 55.5 Å². The number of hydrogen-bond donors (Lipinski definition) is 2. The van der Waals surface area contributed by atoms with E-state index in [0.29, 0.717) is 6.54 Å². The molecule has 0 aliphatic carbocycles. The van der Waals surface area contributed by atoms with Crippen LogP contribution in [0.2, 0.25) is 0 Å². The first-order valence-corrected chi connectivity index (χ1v) is 9.11. The molecule has 0 fully saturated rings. The van der Waals surface area contributed by atoms with Crippen molar-refractivity contribution in [2.45, 2.75) is 41.2 Å². The molecule has 2 N–H and O–H groups in total. The van der Waals surface area contributed by atoms with Crippen LogP contribution in [0.15, 0.2) is 24.3 Å². The number of Topliss-reactive ketones (excluding diaryl/α,β-unsaturated/α-hetero) is 1. The van der Waals surface area contributed by atoms with Gasteiger partial charge < -0.3 is 14.8 Å². The lowest BCUT2D eigenvalue weighted by atomic mass is 10.1. The van der Waals surface area contributed by atoms with Crippen molar-refractivity contribution in [3.63, 3.8) is 0 Å². The largest absolute Gasteiger partial charge is 0.349 e.